The maximum Gasteiger partial charge on any atom is 0.241 e. The van der Waals surface area contributed by atoms with E-state index in [2.05, 4.69) is 25.8 Å². The van der Waals surface area contributed by atoms with E-state index in [1.165, 1.54) is 0 Å². The second-order valence-corrected chi connectivity index (χ2v) is 7.12. The average molecular weight is 549 g/mol. The van der Waals surface area contributed by atoms with Crippen LogP contribution in [0.5, 0.6) is 11.5 Å². The van der Waals surface area contributed by atoms with Gasteiger partial charge in [0.15, 0.2) is 5.96 Å². The molecule has 0 bridgehead atoms. The summed E-state index contributed by atoms with van der Waals surface area (Å²) in [7, 11) is 4.93. The fourth-order valence-corrected chi connectivity index (χ4v) is 3.32. The van der Waals surface area contributed by atoms with Crippen molar-refractivity contribution in [3.05, 3.63) is 23.8 Å². The van der Waals surface area contributed by atoms with Crippen LogP contribution in [-0.2, 0) is 16.1 Å². The van der Waals surface area contributed by atoms with E-state index in [-0.39, 0.29) is 42.5 Å². The van der Waals surface area contributed by atoms with Crippen LogP contribution in [0.2, 0.25) is 0 Å². The number of hydrogen-bond donors (Lipinski definition) is 3. The van der Waals surface area contributed by atoms with Gasteiger partial charge >= 0.3 is 0 Å². The van der Waals surface area contributed by atoms with E-state index in [4.69, 9.17) is 14.2 Å². The molecule has 1 amide bonds. The number of rotatable bonds is 11. The van der Waals surface area contributed by atoms with Crippen molar-refractivity contribution in [2.45, 2.75) is 25.9 Å². The number of halogens is 1. The second-order valence-electron chi connectivity index (χ2n) is 7.12. The Morgan fingerprint density at radius 3 is 2.48 bits per heavy atom. The van der Waals surface area contributed by atoms with Crippen molar-refractivity contribution in [2.24, 2.45) is 4.99 Å². The number of hydrogen-bond acceptors (Lipinski definition) is 6. The smallest absolute Gasteiger partial charge is 0.241 e. The molecule has 3 N–H and O–H groups in total. The Morgan fingerprint density at radius 2 is 1.87 bits per heavy atom. The Balaban J connectivity index is 0.00000480. The molecule has 1 heterocycles. The van der Waals surface area contributed by atoms with Crippen molar-refractivity contribution in [1.29, 1.82) is 0 Å². The number of benzene rings is 1. The average Bonchev–Trinajstić information content (AvgIpc) is 3.18. The number of carbonyl (C=O) groups is 1. The van der Waals surface area contributed by atoms with Crippen molar-refractivity contribution >= 4 is 35.8 Å². The highest BCUT2D eigenvalue weighted by molar-refractivity contribution is 14.0. The summed E-state index contributed by atoms with van der Waals surface area (Å²) in [6.45, 7) is 6.49. The number of likely N-dealkylation sites (tertiary alicyclic amines) is 1. The Bertz CT molecular complexity index is 682. The lowest BCUT2D eigenvalue weighted by atomic mass is 10.2. The molecule has 10 heteroatoms. The Kier molecular flexibility index (Phi) is 13.3. The summed E-state index contributed by atoms with van der Waals surface area (Å²) < 4.78 is 15.7. The topological polar surface area (TPSA) is 96.5 Å². The van der Waals surface area contributed by atoms with Gasteiger partial charge in [-0.2, -0.15) is 0 Å². The maximum atomic E-state index is 11.9. The Labute approximate surface area is 202 Å². The molecule has 0 aromatic heterocycles. The van der Waals surface area contributed by atoms with E-state index in [1.54, 1.807) is 21.3 Å². The molecule has 0 radical (unpaired) electrons. The number of aliphatic imine (C=N–C) groups is 1. The molecule has 1 atom stereocenters. The lowest BCUT2D eigenvalue weighted by Crippen LogP contribution is -2.45. The molecule has 1 aliphatic heterocycles. The van der Waals surface area contributed by atoms with Crippen LogP contribution in [0.3, 0.4) is 0 Å². The zero-order valence-corrected chi connectivity index (χ0v) is 21.2. The van der Waals surface area contributed by atoms with Gasteiger partial charge in [-0.1, -0.05) is 0 Å². The number of ether oxygens (including phenoxy) is 3. The third-order valence-electron chi connectivity index (χ3n) is 4.78. The standard InChI is InChI=1S/C21H35N5O4.HI/c1-5-22-21(24-13-20(27)23-7-9-28-2)25-17-6-8-26(15-17)14-16-10-18(29-3)12-19(11-16)30-4;/h10-12,17H,5-9,13-15H2,1-4H3,(H,23,27)(H2,22,24,25);1H. The lowest BCUT2D eigenvalue weighted by Gasteiger charge is -2.19. The third-order valence-corrected chi connectivity index (χ3v) is 4.78. The van der Waals surface area contributed by atoms with Gasteiger partial charge in [-0.05, 0) is 31.0 Å². The highest BCUT2D eigenvalue weighted by Gasteiger charge is 2.23. The molecule has 0 aliphatic carbocycles. The van der Waals surface area contributed by atoms with Crippen LogP contribution in [-0.4, -0.2) is 83.5 Å². The van der Waals surface area contributed by atoms with Crippen LogP contribution in [0.4, 0.5) is 0 Å². The van der Waals surface area contributed by atoms with Crippen molar-refractivity contribution in [3.8, 4) is 11.5 Å². The van der Waals surface area contributed by atoms with Crippen LogP contribution < -0.4 is 25.4 Å². The Morgan fingerprint density at radius 1 is 1.16 bits per heavy atom. The van der Waals surface area contributed by atoms with E-state index >= 15 is 0 Å². The maximum absolute atomic E-state index is 11.9. The molecule has 1 unspecified atom stereocenters. The molecule has 1 aromatic carbocycles. The summed E-state index contributed by atoms with van der Waals surface area (Å²) in [4.78, 5) is 18.6. The minimum absolute atomic E-state index is 0. The Hall–Kier alpha value is -1.79. The molecular formula is C21H36IN5O4. The first kappa shape index (κ1) is 27.2. The first-order chi connectivity index (χ1) is 14.6. The number of guanidine groups is 1. The largest absolute Gasteiger partial charge is 0.497 e. The monoisotopic (exact) mass is 549 g/mol. The minimum atomic E-state index is -0.121. The predicted molar refractivity (Wildman–Crippen MR) is 133 cm³/mol. The second kappa shape index (κ2) is 15.1. The number of carbonyl (C=O) groups excluding carboxylic acids is 1. The van der Waals surface area contributed by atoms with Crippen molar-refractivity contribution in [3.63, 3.8) is 0 Å². The van der Waals surface area contributed by atoms with E-state index in [0.717, 1.165) is 49.7 Å². The first-order valence-electron chi connectivity index (χ1n) is 10.3. The van der Waals surface area contributed by atoms with Gasteiger partial charge < -0.3 is 30.2 Å². The van der Waals surface area contributed by atoms with Crippen molar-refractivity contribution < 1.29 is 19.0 Å². The summed E-state index contributed by atoms with van der Waals surface area (Å²) in [6.07, 6.45) is 1.01. The molecule has 9 nitrogen and oxygen atoms in total. The number of amides is 1. The molecule has 176 valence electrons. The zero-order chi connectivity index (χ0) is 21.8. The SMILES string of the molecule is CCNC(=NCC(=O)NCCOC)NC1CCN(Cc2cc(OC)cc(OC)c2)C1.I. The van der Waals surface area contributed by atoms with Crippen LogP contribution in [0.25, 0.3) is 0 Å². The van der Waals surface area contributed by atoms with E-state index in [9.17, 15) is 4.79 Å². The molecule has 0 spiro atoms. The van der Waals surface area contributed by atoms with Crippen LogP contribution >= 0.6 is 24.0 Å². The van der Waals surface area contributed by atoms with Crippen molar-refractivity contribution in [2.75, 3.05) is 60.7 Å². The number of nitrogens with zero attached hydrogens (tertiary/aromatic N) is 2. The summed E-state index contributed by atoms with van der Waals surface area (Å²) in [5.74, 6) is 2.13. The normalized spacial score (nSPS) is 16.4. The van der Waals surface area contributed by atoms with Crippen LogP contribution in [0, 0.1) is 0 Å². The summed E-state index contributed by atoms with van der Waals surface area (Å²) in [6, 6.07) is 6.23. The van der Waals surface area contributed by atoms with Gasteiger partial charge in [0.25, 0.3) is 0 Å². The number of methoxy groups -OCH3 is 3. The van der Waals surface area contributed by atoms with E-state index < -0.39 is 0 Å². The van der Waals surface area contributed by atoms with Gasteiger partial charge in [-0.3, -0.25) is 9.69 Å². The molecule has 1 aliphatic rings. The molecule has 0 saturated carbocycles. The van der Waals surface area contributed by atoms with Crippen molar-refractivity contribution in [1.82, 2.24) is 20.9 Å². The van der Waals surface area contributed by atoms with Crippen LogP contribution in [0.15, 0.2) is 23.2 Å². The van der Waals surface area contributed by atoms with Gasteiger partial charge in [-0.15, -0.1) is 24.0 Å². The quantitative estimate of drug-likeness (QED) is 0.165. The van der Waals surface area contributed by atoms with Gasteiger partial charge in [0.2, 0.25) is 5.91 Å². The minimum Gasteiger partial charge on any atom is -0.497 e. The van der Waals surface area contributed by atoms with Crippen LogP contribution in [0.1, 0.15) is 18.9 Å². The van der Waals surface area contributed by atoms with Gasteiger partial charge in [-0.25, -0.2) is 4.99 Å². The summed E-state index contributed by atoms with van der Waals surface area (Å²) >= 11 is 0. The first-order valence-corrected chi connectivity index (χ1v) is 10.3. The summed E-state index contributed by atoms with van der Waals surface area (Å²) in [5, 5.41) is 9.43. The molecule has 2 rings (SSSR count). The van der Waals surface area contributed by atoms with E-state index in [0.29, 0.717) is 19.1 Å². The molecular weight excluding hydrogens is 513 g/mol. The van der Waals surface area contributed by atoms with Gasteiger partial charge in [0.1, 0.15) is 18.0 Å². The summed E-state index contributed by atoms with van der Waals surface area (Å²) in [5.41, 5.74) is 1.15. The highest BCUT2D eigenvalue weighted by atomic mass is 127. The third kappa shape index (κ3) is 9.92. The molecule has 1 saturated heterocycles. The fraction of sp³-hybridized carbons (Fsp3) is 0.619. The molecule has 31 heavy (non-hydrogen) atoms. The predicted octanol–water partition coefficient (Wildman–Crippen LogP) is 1.21. The molecule has 1 aromatic rings. The number of nitrogens with one attached hydrogen (secondary N) is 3. The zero-order valence-electron chi connectivity index (χ0n) is 18.9. The lowest BCUT2D eigenvalue weighted by molar-refractivity contribution is -0.119. The highest BCUT2D eigenvalue weighted by Crippen LogP contribution is 2.24. The van der Waals surface area contributed by atoms with E-state index in [1.807, 2.05) is 25.1 Å². The molecule has 1 fully saturated rings. The fourth-order valence-electron chi connectivity index (χ4n) is 3.32. The van der Waals surface area contributed by atoms with Gasteiger partial charge in [0.05, 0.1) is 20.8 Å². The van der Waals surface area contributed by atoms with Gasteiger partial charge in [0, 0.05) is 51.9 Å².